The molecule has 0 saturated carbocycles. The van der Waals surface area contributed by atoms with Crippen molar-refractivity contribution in [3.8, 4) is 27.9 Å². The SMILES string of the molecule is CC(C)(C)c1cccc(N(c2ccc(-c3cccc4c3-c3ccccc3C4(c3ccccc3)C3C=CC=CC3)cc2)c2ccc3c(c2)c2ccccc2n3-c2ccccc2)c1. The Balaban J connectivity index is 1.08. The van der Waals surface area contributed by atoms with Crippen LogP contribution in [0.1, 0.15) is 49.4 Å². The summed E-state index contributed by atoms with van der Waals surface area (Å²) in [5.74, 6) is 0.288. The highest BCUT2D eigenvalue weighted by atomic mass is 15.1. The Morgan fingerprint density at radius 1 is 0.525 bits per heavy atom. The molecule has 8 aromatic carbocycles. The molecule has 0 radical (unpaired) electrons. The van der Waals surface area contributed by atoms with Crippen LogP contribution in [0.15, 0.2) is 218 Å². The lowest BCUT2D eigenvalue weighted by molar-refractivity contribution is 0.457. The summed E-state index contributed by atoms with van der Waals surface area (Å²) >= 11 is 0. The fourth-order valence-electron chi connectivity index (χ4n) is 10.4. The molecule has 294 valence electrons. The number of benzene rings is 8. The second-order valence-electron chi connectivity index (χ2n) is 17.7. The van der Waals surface area contributed by atoms with Crippen molar-refractivity contribution < 1.29 is 0 Å². The maximum absolute atomic E-state index is 2.43. The highest BCUT2D eigenvalue weighted by Crippen LogP contribution is 2.60. The van der Waals surface area contributed by atoms with Gasteiger partial charge in [0, 0.05) is 33.5 Å². The normalized spacial score (nSPS) is 16.8. The predicted octanol–water partition coefficient (Wildman–Crippen LogP) is 15.7. The minimum atomic E-state index is -0.304. The van der Waals surface area contributed by atoms with Gasteiger partial charge in [-0.2, -0.15) is 0 Å². The average molecular weight is 785 g/mol. The van der Waals surface area contributed by atoms with Crippen LogP contribution in [0.2, 0.25) is 0 Å². The third-order valence-electron chi connectivity index (χ3n) is 13.2. The quantitative estimate of drug-likeness (QED) is 0.156. The minimum Gasteiger partial charge on any atom is -0.310 e. The molecule has 2 aliphatic carbocycles. The van der Waals surface area contributed by atoms with E-state index in [1.165, 1.54) is 66.3 Å². The van der Waals surface area contributed by atoms with Gasteiger partial charge in [0.05, 0.1) is 16.4 Å². The van der Waals surface area contributed by atoms with Crippen LogP contribution in [0, 0.1) is 5.92 Å². The van der Waals surface area contributed by atoms with Crippen molar-refractivity contribution >= 4 is 38.9 Å². The lowest BCUT2D eigenvalue weighted by atomic mass is 9.62. The second kappa shape index (κ2) is 14.5. The number of para-hydroxylation sites is 2. The largest absolute Gasteiger partial charge is 0.310 e. The first-order valence-electron chi connectivity index (χ1n) is 21.6. The molecule has 61 heavy (non-hydrogen) atoms. The molecule has 0 spiro atoms. The van der Waals surface area contributed by atoms with E-state index in [4.69, 9.17) is 0 Å². The Morgan fingerprint density at radius 2 is 1.18 bits per heavy atom. The molecule has 1 aromatic heterocycles. The van der Waals surface area contributed by atoms with Gasteiger partial charge in [0.15, 0.2) is 0 Å². The van der Waals surface area contributed by atoms with E-state index in [-0.39, 0.29) is 16.7 Å². The third-order valence-corrected chi connectivity index (χ3v) is 13.2. The molecule has 0 N–H and O–H groups in total. The summed E-state index contributed by atoms with van der Waals surface area (Å²) in [6, 6.07) is 72.2. The lowest BCUT2D eigenvalue weighted by Gasteiger charge is -2.39. The average Bonchev–Trinajstić information content (AvgIpc) is 3.81. The minimum absolute atomic E-state index is 0.00124. The molecule has 2 nitrogen and oxygen atoms in total. The summed E-state index contributed by atoms with van der Waals surface area (Å²) in [6.07, 6.45) is 10.2. The van der Waals surface area contributed by atoms with Crippen LogP contribution >= 0.6 is 0 Å². The van der Waals surface area contributed by atoms with E-state index < -0.39 is 0 Å². The highest BCUT2D eigenvalue weighted by Gasteiger charge is 2.49. The molecule has 2 unspecified atom stereocenters. The van der Waals surface area contributed by atoms with Gasteiger partial charge in [-0.25, -0.2) is 0 Å². The molecule has 0 fully saturated rings. The summed E-state index contributed by atoms with van der Waals surface area (Å²) in [4.78, 5) is 2.43. The van der Waals surface area contributed by atoms with E-state index in [0.29, 0.717) is 0 Å². The van der Waals surface area contributed by atoms with Gasteiger partial charge in [0.2, 0.25) is 0 Å². The maximum Gasteiger partial charge on any atom is 0.0542 e. The summed E-state index contributed by atoms with van der Waals surface area (Å²) in [7, 11) is 0. The van der Waals surface area contributed by atoms with E-state index in [2.05, 4.69) is 249 Å². The predicted molar refractivity (Wildman–Crippen MR) is 258 cm³/mol. The number of anilines is 3. The van der Waals surface area contributed by atoms with Crippen molar-refractivity contribution in [3.05, 3.63) is 241 Å². The van der Waals surface area contributed by atoms with Gasteiger partial charge in [-0.3, -0.25) is 0 Å². The molecule has 0 aliphatic heterocycles. The number of aromatic nitrogens is 1. The zero-order valence-corrected chi connectivity index (χ0v) is 35.0. The van der Waals surface area contributed by atoms with Gasteiger partial charge in [-0.1, -0.05) is 179 Å². The number of allylic oxidation sites excluding steroid dienone is 4. The summed E-state index contributed by atoms with van der Waals surface area (Å²) < 4.78 is 2.39. The van der Waals surface area contributed by atoms with Crippen molar-refractivity contribution in [3.63, 3.8) is 0 Å². The topological polar surface area (TPSA) is 8.17 Å². The Labute approximate surface area is 359 Å². The van der Waals surface area contributed by atoms with Gasteiger partial charge >= 0.3 is 0 Å². The van der Waals surface area contributed by atoms with Crippen LogP contribution in [0.3, 0.4) is 0 Å². The van der Waals surface area contributed by atoms with E-state index in [1.807, 2.05) is 0 Å². The third kappa shape index (κ3) is 5.92. The molecule has 2 atom stereocenters. The smallest absolute Gasteiger partial charge is 0.0542 e. The first kappa shape index (κ1) is 36.9. The molecule has 11 rings (SSSR count). The zero-order chi connectivity index (χ0) is 41.1. The van der Waals surface area contributed by atoms with Crippen LogP contribution in [-0.2, 0) is 10.8 Å². The van der Waals surface area contributed by atoms with Crippen molar-refractivity contribution in [2.75, 3.05) is 4.90 Å². The van der Waals surface area contributed by atoms with E-state index >= 15 is 0 Å². The van der Waals surface area contributed by atoms with Crippen LogP contribution in [0.5, 0.6) is 0 Å². The van der Waals surface area contributed by atoms with E-state index in [0.717, 1.165) is 29.2 Å². The van der Waals surface area contributed by atoms with Gasteiger partial charge in [-0.05, 0) is 123 Å². The number of hydrogen-bond donors (Lipinski definition) is 0. The Morgan fingerprint density at radius 3 is 1.97 bits per heavy atom. The summed E-state index contributed by atoms with van der Waals surface area (Å²) in [6.45, 7) is 6.87. The number of fused-ring (bicyclic) bond motifs is 6. The summed E-state index contributed by atoms with van der Waals surface area (Å²) in [5, 5.41) is 2.47. The second-order valence-corrected chi connectivity index (χ2v) is 17.7. The van der Waals surface area contributed by atoms with Gasteiger partial charge in [0.1, 0.15) is 0 Å². The fourth-order valence-corrected chi connectivity index (χ4v) is 10.4. The van der Waals surface area contributed by atoms with Gasteiger partial charge in [-0.15, -0.1) is 0 Å². The van der Waals surface area contributed by atoms with Crippen molar-refractivity contribution in [1.29, 1.82) is 0 Å². The molecular formula is C59H48N2. The first-order valence-corrected chi connectivity index (χ1v) is 21.6. The van der Waals surface area contributed by atoms with Crippen LogP contribution in [0.4, 0.5) is 17.1 Å². The molecular weight excluding hydrogens is 737 g/mol. The zero-order valence-electron chi connectivity index (χ0n) is 35.0. The summed E-state index contributed by atoms with van der Waals surface area (Å²) in [5.41, 5.74) is 17.2. The maximum atomic E-state index is 2.43. The molecule has 1 heterocycles. The van der Waals surface area contributed by atoms with Crippen LogP contribution in [-0.4, -0.2) is 4.57 Å². The number of rotatable bonds is 7. The molecule has 2 heteroatoms. The van der Waals surface area contributed by atoms with E-state index in [1.54, 1.807) is 0 Å². The number of hydrogen-bond acceptors (Lipinski definition) is 1. The first-order chi connectivity index (χ1) is 29.9. The molecule has 0 amide bonds. The molecule has 0 bridgehead atoms. The lowest BCUT2D eigenvalue weighted by Crippen LogP contribution is -2.35. The Hall–Kier alpha value is -7.16. The number of nitrogens with zero attached hydrogens (tertiary/aromatic N) is 2. The van der Waals surface area contributed by atoms with Crippen LogP contribution in [0.25, 0.3) is 49.7 Å². The monoisotopic (exact) mass is 784 g/mol. The fraction of sp³-hybridized carbons (Fsp3) is 0.119. The van der Waals surface area contributed by atoms with Crippen molar-refractivity contribution in [2.24, 2.45) is 5.92 Å². The Bertz CT molecular complexity index is 3140. The van der Waals surface area contributed by atoms with E-state index in [9.17, 15) is 0 Å². The van der Waals surface area contributed by atoms with Gasteiger partial charge in [0.25, 0.3) is 0 Å². The van der Waals surface area contributed by atoms with Crippen LogP contribution < -0.4 is 4.90 Å². The van der Waals surface area contributed by atoms with Crippen molar-refractivity contribution in [2.45, 2.75) is 38.0 Å². The molecule has 0 saturated heterocycles. The van der Waals surface area contributed by atoms with Gasteiger partial charge < -0.3 is 9.47 Å². The van der Waals surface area contributed by atoms with Crippen molar-refractivity contribution in [1.82, 2.24) is 4.57 Å². The standard InChI is InChI=1S/C59H48N2/c1-58(2,3)44-23-17-26-47(39-44)60(48-37-38-56-52(40-48)50-27-14-16-32-55(50)61(56)45-24-11-6-12-25-45)46-35-33-41(34-36-46)49-29-18-31-54-57(49)51-28-13-15-30-53(51)59(54,42-19-7-4-8-20-42)43-21-9-5-10-22-43/h4-21,23-40,43H,22H2,1-3H3. The molecule has 9 aromatic rings. The molecule has 2 aliphatic rings. The highest BCUT2D eigenvalue weighted by molar-refractivity contribution is 6.10. The Kier molecular flexibility index (Phi) is 8.79.